The summed E-state index contributed by atoms with van der Waals surface area (Å²) in [5, 5.41) is 11.0. The molecule has 0 atom stereocenters. The minimum atomic E-state index is 0. The van der Waals surface area contributed by atoms with E-state index in [1.807, 2.05) is 65.5 Å². The van der Waals surface area contributed by atoms with E-state index in [1.54, 1.807) is 6.20 Å². The Labute approximate surface area is 367 Å². The Morgan fingerprint density at radius 2 is 1.00 bits per heavy atom. The van der Waals surface area contributed by atoms with Crippen LogP contribution in [0.25, 0.3) is 50.3 Å². The van der Waals surface area contributed by atoms with Crippen molar-refractivity contribution in [2.75, 3.05) is 0 Å². The fourth-order valence-corrected chi connectivity index (χ4v) is 6.58. The number of fused-ring (bicyclic) bond motifs is 3. The molecule has 0 amide bonds. The first kappa shape index (κ1) is 42.5. The van der Waals surface area contributed by atoms with E-state index in [0.29, 0.717) is 40.0 Å². The van der Waals surface area contributed by atoms with Crippen LogP contribution < -0.4 is 9.47 Å². The summed E-state index contributed by atoms with van der Waals surface area (Å²) in [4.78, 5) is 14.0. The van der Waals surface area contributed by atoms with Crippen LogP contribution in [0.1, 0.15) is 87.2 Å². The molecule has 4 heterocycles. The summed E-state index contributed by atoms with van der Waals surface area (Å²) in [6.07, 6.45) is 5.41. The molecule has 0 unspecified atom stereocenters. The standard InChI is InChI=1S/C48H42N6O2.2Pd/c1-28(2)33-19-35(43-17-31(7)13-15-49-43)23-39(21-33)55-37-9-11-41-42-12-10-38(26-47(42)54(46(41)25-37)48-51-27-45(30(5)6)52-53-48)56-40-22-34(29(3)4)20-36(24-40)44-18-32(8)14-16-50-44;;/h9-22,27-30H,1-8H3;;/q-4;2*+2. The first-order valence-corrected chi connectivity index (χ1v) is 19.0. The van der Waals surface area contributed by atoms with Gasteiger partial charge < -0.3 is 24.0 Å². The van der Waals surface area contributed by atoms with E-state index in [2.05, 4.69) is 124 Å². The molecule has 296 valence electrons. The van der Waals surface area contributed by atoms with Crippen LogP contribution in [0.3, 0.4) is 0 Å². The molecule has 8 rings (SSSR count). The Kier molecular flexibility index (Phi) is 13.1. The van der Waals surface area contributed by atoms with Crippen LogP contribution in [-0.4, -0.2) is 29.7 Å². The summed E-state index contributed by atoms with van der Waals surface area (Å²) >= 11 is 0. The van der Waals surface area contributed by atoms with Crippen molar-refractivity contribution in [3.8, 4) is 51.5 Å². The first-order chi connectivity index (χ1) is 27.0. The van der Waals surface area contributed by atoms with E-state index in [9.17, 15) is 0 Å². The number of nitrogens with zero attached hydrogens (tertiary/aromatic N) is 6. The van der Waals surface area contributed by atoms with E-state index >= 15 is 0 Å². The maximum absolute atomic E-state index is 6.54. The maximum Gasteiger partial charge on any atom is 2.00 e. The van der Waals surface area contributed by atoms with Crippen molar-refractivity contribution >= 4 is 21.8 Å². The van der Waals surface area contributed by atoms with Gasteiger partial charge in [0.1, 0.15) is 0 Å². The van der Waals surface area contributed by atoms with E-state index in [0.717, 1.165) is 61.2 Å². The second kappa shape index (κ2) is 17.8. The third-order valence-electron chi connectivity index (χ3n) is 9.78. The number of rotatable bonds is 10. The molecular formula is C48H42N6O2Pd2. The van der Waals surface area contributed by atoms with E-state index in [4.69, 9.17) is 14.5 Å². The van der Waals surface area contributed by atoms with Gasteiger partial charge in [-0.3, -0.25) is 0 Å². The SMILES string of the molecule is Cc1ccnc(-c2[c-]c(Oc3[c-]c4c(cc3)c3ccc(Oc5[c-]c(-c6cc(C)ccn6)cc(C(C)C)c5)[c-]c3n4-c3ncc(C(C)C)nn3)cc(C(C)C)c2)c1.[Pd+2].[Pd+2]. The predicted molar refractivity (Wildman–Crippen MR) is 221 cm³/mol. The molecule has 0 spiro atoms. The molecule has 8 nitrogen and oxygen atoms in total. The Hall–Kier alpha value is -5.09. The summed E-state index contributed by atoms with van der Waals surface area (Å²) in [5.74, 6) is 3.29. The molecule has 10 heteroatoms. The van der Waals surface area contributed by atoms with Gasteiger partial charge in [-0.25, -0.2) is 4.98 Å². The zero-order chi connectivity index (χ0) is 39.1. The number of aryl methyl sites for hydroxylation is 2. The zero-order valence-electron chi connectivity index (χ0n) is 33.5. The van der Waals surface area contributed by atoms with Gasteiger partial charge in [0.2, 0.25) is 0 Å². The van der Waals surface area contributed by atoms with Crippen molar-refractivity contribution < 1.29 is 50.3 Å². The Balaban J connectivity index is 0.00000283. The normalized spacial score (nSPS) is 11.3. The van der Waals surface area contributed by atoms with E-state index in [1.165, 1.54) is 0 Å². The first-order valence-electron chi connectivity index (χ1n) is 19.0. The van der Waals surface area contributed by atoms with Crippen molar-refractivity contribution in [2.45, 2.75) is 73.1 Å². The summed E-state index contributed by atoms with van der Waals surface area (Å²) in [5.41, 5.74) is 10.2. The van der Waals surface area contributed by atoms with Crippen molar-refractivity contribution in [2.24, 2.45) is 0 Å². The van der Waals surface area contributed by atoms with Crippen LogP contribution in [0.15, 0.2) is 91.4 Å². The van der Waals surface area contributed by atoms with Gasteiger partial charge in [0, 0.05) is 35.4 Å². The molecular weight excluding hydrogens is 905 g/mol. The Bertz CT molecular complexity index is 2570. The molecule has 0 radical (unpaired) electrons. The van der Waals surface area contributed by atoms with E-state index < -0.39 is 0 Å². The number of pyridine rings is 2. The Morgan fingerprint density at radius 1 is 0.517 bits per heavy atom. The maximum atomic E-state index is 6.54. The molecule has 0 saturated carbocycles. The third kappa shape index (κ3) is 8.97. The van der Waals surface area contributed by atoms with Crippen molar-refractivity contribution in [1.82, 2.24) is 29.7 Å². The molecule has 58 heavy (non-hydrogen) atoms. The molecule has 0 aliphatic rings. The second-order valence-electron chi connectivity index (χ2n) is 15.2. The van der Waals surface area contributed by atoms with Crippen LogP contribution in [0, 0.1) is 38.1 Å². The Morgan fingerprint density at radius 3 is 1.40 bits per heavy atom. The summed E-state index contributed by atoms with van der Waals surface area (Å²) in [7, 11) is 0. The smallest absolute Gasteiger partial charge is 0.503 e. The topological polar surface area (TPSA) is 87.8 Å². The minimum Gasteiger partial charge on any atom is -0.503 e. The van der Waals surface area contributed by atoms with Crippen LogP contribution in [0.2, 0.25) is 0 Å². The van der Waals surface area contributed by atoms with Gasteiger partial charge in [0.15, 0.2) is 0 Å². The second-order valence-corrected chi connectivity index (χ2v) is 15.2. The third-order valence-corrected chi connectivity index (χ3v) is 9.78. The molecule has 8 aromatic rings. The average molecular weight is 948 g/mol. The van der Waals surface area contributed by atoms with Gasteiger partial charge in [-0.2, -0.15) is 22.9 Å². The van der Waals surface area contributed by atoms with Crippen LogP contribution in [0.4, 0.5) is 0 Å². The van der Waals surface area contributed by atoms with Crippen LogP contribution >= 0.6 is 0 Å². The van der Waals surface area contributed by atoms with Gasteiger partial charge in [0.25, 0.3) is 5.95 Å². The fraction of sp³-hybridized carbons (Fsp3) is 0.229. The number of ether oxygens (including phenoxy) is 2. The fourth-order valence-electron chi connectivity index (χ4n) is 6.58. The number of aromatic nitrogens is 6. The van der Waals surface area contributed by atoms with Crippen LogP contribution in [-0.2, 0) is 40.8 Å². The van der Waals surface area contributed by atoms with Crippen molar-refractivity contribution in [3.05, 3.63) is 144 Å². The van der Waals surface area contributed by atoms with Gasteiger partial charge >= 0.3 is 40.8 Å². The molecule has 0 bridgehead atoms. The molecule has 0 fully saturated rings. The van der Waals surface area contributed by atoms with Gasteiger partial charge in [0.05, 0.1) is 11.9 Å². The molecule has 0 saturated heterocycles. The summed E-state index contributed by atoms with van der Waals surface area (Å²) in [6, 6.07) is 38.3. The van der Waals surface area contributed by atoms with Crippen LogP contribution in [0.5, 0.6) is 23.0 Å². The molecule has 0 N–H and O–H groups in total. The molecule has 4 aromatic heterocycles. The minimum absolute atomic E-state index is 0. The van der Waals surface area contributed by atoms with E-state index in [-0.39, 0.29) is 58.6 Å². The predicted octanol–water partition coefficient (Wildman–Crippen LogP) is 11.9. The summed E-state index contributed by atoms with van der Waals surface area (Å²) in [6.45, 7) is 16.9. The zero-order valence-corrected chi connectivity index (χ0v) is 36.6. The molecule has 4 aromatic carbocycles. The summed E-state index contributed by atoms with van der Waals surface area (Å²) < 4.78 is 15.0. The van der Waals surface area contributed by atoms with Gasteiger partial charge in [-0.1, -0.05) is 100 Å². The number of hydrogen-bond donors (Lipinski definition) is 0. The van der Waals surface area contributed by atoms with Crippen molar-refractivity contribution in [3.63, 3.8) is 0 Å². The van der Waals surface area contributed by atoms with Crippen molar-refractivity contribution in [1.29, 1.82) is 0 Å². The average Bonchev–Trinajstić information content (AvgIpc) is 3.50. The largest absolute Gasteiger partial charge is 2.00 e. The van der Waals surface area contributed by atoms with Gasteiger partial charge in [-0.05, 0) is 55.1 Å². The molecule has 0 aliphatic heterocycles. The number of benzene rings is 4. The van der Waals surface area contributed by atoms with Gasteiger partial charge in [-0.15, -0.1) is 68.8 Å². The number of hydrogen-bond acceptors (Lipinski definition) is 7. The quantitative estimate of drug-likeness (QED) is 0.0997. The molecule has 0 aliphatic carbocycles. The monoisotopic (exact) mass is 946 g/mol.